The standard InChI is InChI=1S/C21H18N2.C19H21N2.Cu/c1-13-11-14(2)19(15(3)12-13)18-9-8-17-7-6-16-5-4-10-22-20(16)21(17)23-18;1-16(20-14-18-9-5-3-6-10-18)13-17(2)21-15-19-11-7-4-8-12-19;/h4-12H,1-3H3;3-13H,14-15H2,1-2H3;/q;-1;+1/b;16-13-,21-17?;. The van der Waals surface area contributed by atoms with E-state index in [1.807, 2.05) is 68.6 Å². The zero-order valence-electron chi connectivity index (χ0n) is 26.6. The predicted molar refractivity (Wildman–Crippen MR) is 187 cm³/mol. The first-order chi connectivity index (χ1) is 21.4. The summed E-state index contributed by atoms with van der Waals surface area (Å²) in [5, 5.41) is 6.82. The van der Waals surface area contributed by atoms with Crippen molar-refractivity contribution >= 4 is 27.5 Å². The zero-order chi connectivity index (χ0) is 30.9. The van der Waals surface area contributed by atoms with Gasteiger partial charge in [0.1, 0.15) is 0 Å². The summed E-state index contributed by atoms with van der Waals surface area (Å²) in [6.45, 7) is 11.9. The molecule has 6 aromatic rings. The van der Waals surface area contributed by atoms with Gasteiger partial charge in [0, 0.05) is 28.2 Å². The van der Waals surface area contributed by atoms with Gasteiger partial charge in [-0.2, -0.15) is 5.70 Å². The molecule has 0 unspecified atom stereocenters. The Kier molecular flexibility index (Phi) is 11.8. The topological polar surface area (TPSA) is 52.2 Å². The molecule has 0 saturated heterocycles. The molecule has 5 heteroatoms. The van der Waals surface area contributed by atoms with Crippen molar-refractivity contribution in [1.29, 1.82) is 0 Å². The quantitative estimate of drug-likeness (QED) is 0.0992. The fourth-order valence-electron chi connectivity index (χ4n) is 5.44. The van der Waals surface area contributed by atoms with Gasteiger partial charge in [0.05, 0.1) is 23.3 Å². The molecule has 0 spiro atoms. The van der Waals surface area contributed by atoms with Crippen LogP contribution in [0.3, 0.4) is 0 Å². The van der Waals surface area contributed by atoms with Gasteiger partial charge in [-0.15, -0.1) is 6.54 Å². The largest absolute Gasteiger partial charge is 1.00 e. The minimum Gasteiger partial charge on any atom is -0.684 e. The fraction of sp³-hybridized carbons (Fsp3) is 0.175. The van der Waals surface area contributed by atoms with Gasteiger partial charge < -0.3 is 5.32 Å². The van der Waals surface area contributed by atoms with E-state index in [9.17, 15) is 0 Å². The number of aryl methyl sites for hydroxylation is 3. The van der Waals surface area contributed by atoms with Crippen LogP contribution < -0.4 is 0 Å². The van der Waals surface area contributed by atoms with Crippen LogP contribution in [0.2, 0.25) is 0 Å². The van der Waals surface area contributed by atoms with E-state index < -0.39 is 0 Å². The van der Waals surface area contributed by atoms with Crippen LogP contribution in [0, 0.1) is 20.8 Å². The number of aromatic nitrogens is 2. The molecule has 0 bridgehead atoms. The minimum absolute atomic E-state index is 0. The molecule has 0 aliphatic rings. The molecule has 0 fully saturated rings. The van der Waals surface area contributed by atoms with Crippen molar-refractivity contribution in [2.75, 3.05) is 0 Å². The Morgan fingerprint density at radius 2 is 1.31 bits per heavy atom. The molecule has 4 aromatic carbocycles. The second kappa shape index (κ2) is 15.9. The number of allylic oxidation sites excluding steroid dienone is 2. The normalized spacial score (nSPS) is 11.5. The summed E-state index contributed by atoms with van der Waals surface area (Å²) < 4.78 is 0. The summed E-state index contributed by atoms with van der Waals surface area (Å²) in [5.41, 5.74) is 12.5. The third kappa shape index (κ3) is 8.98. The van der Waals surface area contributed by atoms with Gasteiger partial charge in [-0.05, 0) is 56.5 Å². The van der Waals surface area contributed by atoms with Gasteiger partial charge in [0.15, 0.2) is 0 Å². The molecule has 6 rings (SSSR count). The number of benzene rings is 4. The van der Waals surface area contributed by atoms with E-state index >= 15 is 0 Å². The number of fused-ring (bicyclic) bond motifs is 3. The molecule has 0 saturated carbocycles. The molecular weight excluding hydrogens is 600 g/mol. The van der Waals surface area contributed by atoms with Gasteiger partial charge in [0.2, 0.25) is 0 Å². The maximum absolute atomic E-state index is 4.96. The van der Waals surface area contributed by atoms with Crippen LogP contribution in [-0.2, 0) is 30.2 Å². The summed E-state index contributed by atoms with van der Waals surface area (Å²) in [4.78, 5) is 14.1. The van der Waals surface area contributed by atoms with Crippen molar-refractivity contribution in [3.8, 4) is 11.3 Å². The van der Waals surface area contributed by atoms with Crippen LogP contribution in [0.4, 0.5) is 0 Å². The van der Waals surface area contributed by atoms with E-state index in [0.717, 1.165) is 52.0 Å². The number of hydrogen-bond donors (Lipinski definition) is 0. The zero-order valence-corrected chi connectivity index (χ0v) is 27.5. The van der Waals surface area contributed by atoms with Gasteiger partial charge in [-0.3, -0.25) is 9.98 Å². The van der Waals surface area contributed by atoms with Crippen LogP contribution >= 0.6 is 0 Å². The predicted octanol–water partition coefficient (Wildman–Crippen LogP) is 10.5. The smallest absolute Gasteiger partial charge is 0.684 e. The molecule has 0 atom stereocenters. The Bertz CT molecular complexity index is 1910. The summed E-state index contributed by atoms with van der Waals surface area (Å²) in [7, 11) is 0. The maximum Gasteiger partial charge on any atom is 1.00 e. The van der Waals surface area contributed by atoms with Gasteiger partial charge in [-0.25, -0.2) is 4.98 Å². The van der Waals surface area contributed by atoms with Crippen molar-refractivity contribution in [2.45, 2.75) is 47.7 Å². The SMILES string of the molecule is CC(/C=C(/C)[N-]Cc1ccccc1)=NCc1ccccc1.Cc1cc(C)c(-c2ccc3ccc4cccnc4c3n2)c(C)c1.[Cu+]. The van der Waals surface area contributed by atoms with Crippen LogP contribution in [0.1, 0.15) is 41.7 Å². The molecule has 230 valence electrons. The second-order valence-corrected chi connectivity index (χ2v) is 11.2. The maximum atomic E-state index is 4.96. The first-order valence-electron chi connectivity index (χ1n) is 15.0. The van der Waals surface area contributed by atoms with E-state index in [-0.39, 0.29) is 17.1 Å². The Hall–Kier alpha value is -4.57. The van der Waals surface area contributed by atoms with Crippen molar-refractivity contribution < 1.29 is 17.1 Å². The Balaban J connectivity index is 0.000000201. The summed E-state index contributed by atoms with van der Waals surface area (Å²) in [5.74, 6) is 0. The molecule has 0 N–H and O–H groups in total. The molecule has 45 heavy (non-hydrogen) atoms. The van der Waals surface area contributed by atoms with E-state index in [1.165, 1.54) is 33.4 Å². The Morgan fingerprint density at radius 1 is 0.711 bits per heavy atom. The third-order valence-corrected chi connectivity index (χ3v) is 7.49. The summed E-state index contributed by atoms with van der Waals surface area (Å²) >= 11 is 0. The number of pyridine rings is 2. The van der Waals surface area contributed by atoms with E-state index in [4.69, 9.17) is 4.98 Å². The average molecular weight is 639 g/mol. The van der Waals surface area contributed by atoms with E-state index in [1.54, 1.807) is 0 Å². The molecule has 0 amide bonds. The molecule has 2 heterocycles. The van der Waals surface area contributed by atoms with Gasteiger partial charge >= 0.3 is 17.1 Å². The van der Waals surface area contributed by atoms with Crippen LogP contribution in [-0.4, -0.2) is 15.7 Å². The van der Waals surface area contributed by atoms with Crippen molar-refractivity contribution in [3.63, 3.8) is 0 Å². The van der Waals surface area contributed by atoms with Gasteiger partial charge in [0.25, 0.3) is 0 Å². The fourth-order valence-corrected chi connectivity index (χ4v) is 5.44. The number of rotatable bonds is 7. The van der Waals surface area contributed by atoms with Crippen molar-refractivity contribution in [1.82, 2.24) is 9.97 Å². The average Bonchev–Trinajstić information content (AvgIpc) is 3.03. The third-order valence-electron chi connectivity index (χ3n) is 7.49. The molecule has 0 aliphatic heterocycles. The van der Waals surface area contributed by atoms with Crippen molar-refractivity contribution in [2.24, 2.45) is 4.99 Å². The number of nitrogens with zero attached hydrogens (tertiary/aromatic N) is 4. The molecule has 0 radical (unpaired) electrons. The summed E-state index contributed by atoms with van der Waals surface area (Å²) in [6, 6.07) is 37.5. The number of aliphatic imine (C=N–C) groups is 1. The second-order valence-electron chi connectivity index (χ2n) is 11.2. The number of hydrogen-bond acceptors (Lipinski definition) is 3. The molecular formula is C40H39CuN4. The summed E-state index contributed by atoms with van der Waals surface area (Å²) in [6.07, 6.45) is 3.87. The van der Waals surface area contributed by atoms with E-state index in [0.29, 0.717) is 0 Å². The first-order valence-corrected chi connectivity index (χ1v) is 15.0. The van der Waals surface area contributed by atoms with Crippen molar-refractivity contribution in [3.05, 3.63) is 160 Å². The molecule has 4 nitrogen and oxygen atoms in total. The molecule has 2 aromatic heterocycles. The Labute approximate surface area is 277 Å². The molecule has 0 aliphatic carbocycles. The Morgan fingerprint density at radius 3 is 1.98 bits per heavy atom. The first kappa shape index (κ1) is 33.3. The van der Waals surface area contributed by atoms with Gasteiger partial charge in [-0.1, -0.05) is 121 Å². The minimum atomic E-state index is 0. The van der Waals surface area contributed by atoms with E-state index in [2.05, 4.69) is 103 Å². The van der Waals surface area contributed by atoms with Crippen LogP contribution in [0.15, 0.2) is 132 Å². The van der Waals surface area contributed by atoms with Crippen LogP contribution in [0.25, 0.3) is 38.4 Å². The van der Waals surface area contributed by atoms with Crippen LogP contribution in [0.5, 0.6) is 0 Å². The monoisotopic (exact) mass is 638 g/mol.